The molecule has 0 unspecified atom stereocenters. The van der Waals surface area contributed by atoms with Gasteiger partial charge >= 0.3 is 0 Å². The van der Waals surface area contributed by atoms with E-state index in [1.165, 1.54) is 16.7 Å². The van der Waals surface area contributed by atoms with Crippen LogP contribution in [0.2, 0.25) is 0 Å². The van der Waals surface area contributed by atoms with Gasteiger partial charge in [-0.25, -0.2) is 15.0 Å². The maximum Gasteiger partial charge on any atom is 0.257 e. The molecule has 2 N–H and O–H groups in total. The zero-order chi connectivity index (χ0) is 22.8. The van der Waals surface area contributed by atoms with Gasteiger partial charge in [0.15, 0.2) is 5.13 Å². The molecule has 33 heavy (non-hydrogen) atoms. The highest BCUT2D eigenvalue weighted by Crippen LogP contribution is 2.28. The first-order chi connectivity index (χ1) is 16.0. The average Bonchev–Trinajstić information content (AvgIpc) is 3.27. The third-order valence-corrected chi connectivity index (χ3v) is 5.89. The van der Waals surface area contributed by atoms with Crippen LogP contribution >= 0.6 is 11.3 Å². The van der Waals surface area contributed by atoms with Crippen LogP contribution in [-0.4, -0.2) is 20.9 Å². The Balaban J connectivity index is 1.31. The molecule has 0 aliphatic rings. The quantitative estimate of drug-likeness (QED) is 0.325. The lowest BCUT2D eigenvalue weighted by molar-refractivity contribution is 0.102. The Kier molecular flexibility index (Phi) is 5.54. The Labute approximate surface area is 195 Å². The van der Waals surface area contributed by atoms with Crippen molar-refractivity contribution in [1.29, 1.82) is 0 Å². The fraction of sp³-hybridized carbons (Fsp3) is 0.0769. The Morgan fingerprint density at radius 2 is 1.61 bits per heavy atom. The molecule has 0 fully saturated rings. The molecule has 0 aliphatic carbocycles. The smallest absolute Gasteiger partial charge is 0.257 e. The summed E-state index contributed by atoms with van der Waals surface area (Å²) in [4.78, 5) is 26.2. The lowest BCUT2D eigenvalue weighted by Gasteiger charge is -2.08. The number of rotatable bonds is 5. The van der Waals surface area contributed by atoms with Crippen LogP contribution in [0.15, 0.2) is 78.2 Å². The molecule has 0 radical (unpaired) electrons. The molecular formula is C26H21N5OS. The summed E-state index contributed by atoms with van der Waals surface area (Å²) in [5.41, 5.74) is 4.87. The second-order valence-corrected chi connectivity index (χ2v) is 8.59. The molecule has 1 amide bonds. The number of carbonyl (C=O) groups is 1. The lowest BCUT2D eigenvalue weighted by Crippen LogP contribution is -2.12. The molecule has 0 spiro atoms. The molecule has 5 aromatic rings. The minimum atomic E-state index is -0.223. The number of carbonyl (C=O) groups excluding carboxylic acids is 1. The Morgan fingerprint density at radius 3 is 2.42 bits per heavy atom. The zero-order valence-electron chi connectivity index (χ0n) is 18.2. The first kappa shape index (κ1) is 20.8. The minimum absolute atomic E-state index is 0.223. The van der Waals surface area contributed by atoms with Gasteiger partial charge in [0.25, 0.3) is 5.91 Å². The van der Waals surface area contributed by atoms with Crippen molar-refractivity contribution in [2.75, 3.05) is 10.6 Å². The van der Waals surface area contributed by atoms with Gasteiger partial charge in [0, 0.05) is 33.6 Å². The lowest BCUT2D eigenvalue weighted by atomic mass is 10.1. The molecule has 2 heterocycles. The number of hydrogen-bond acceptors (Lipinski definition) is 6. The van der Waals surface area contributed by atoms with Crippen LogP contribution in [0.5, 0.6) is 0 Å². The number of hydrogen-bond donors (Lipinski definition) is 2. The topological polar surface area (TPSA) is 79.8 Å². The summed E-state index contributed by atoms with van der Waals surface area (Å²) in [6, 6.07) is 23.6. The number of fused-ring (bicyclic) bond motifs is 1. The van der Waals surface area contributed by atoms with Crippen molar-refractivity contribution in [2.45, 2.75) is 13.8 Å². The molecule has 0 atom stereocenters. The van der Waals surface area contributed by atoms with E-state index in [1.807, 2.05) is 55.6 Å². The van der Waals surface area contributed by atoms with Gasteiger partial charge in [0.1, 0.15) is 0 Å². The van der Waals surface area contributed by atoms with Crippen LogP contribution in [0.25, 0.3) is 22.0 Å². The van der Waals surface area contributed by atoms with E-state index in [2.05, 4.69) is 49.9 Å². The van der Waals surface area contributed by atoms with Crippen LogP contribution in [0.3, 0.4) is 0 Å². The van der Waals surface area contributed by atoms with E-state index in [1.54, 1.807) is 12.1 Å². The number of benzene rings is 3. The molecule has 5 rings (SSSR count). The van der Waals surface area contributed by atoms with Crippen molar-refractivity contribution in [2.24, 2.45) is 0 Å². The Hall–Kier alpha value is -4.10. The third kappa shape index (κ3) is 4.73. The number of aromatic nitrogens is 3. The zero-order valence-corrected chi connectivity index (χ0v) is 19.0. The predicted octanol–water partition coefficient (Wildman–Crippen LogP) is 6.37. The molecular weight excluding hydrogens is 430 g/mol. The normalized spacial score (nSPS) is 10.8. The number of aryl methyl sites for hydroxylation is 2. The summed E-state index contributed by atoms with van der Waals surface area (Å²) in [6.07, 6.45) is 0. The standard InChI is InChI=1S/C26H21N5OS/c1-16-12-17(2)28-25(27-16)29-22-9-5-8-21(14-22)24(32)31-26-30-23(15-33-26)20-11-10-18-6-3-4-7-19(18)13-20/h3-15H,1-2H3,(H,27,28,29)(H,30,31,32). The summed E-state index contributed by atoms with van der Waals surface area (Å²) in [7, 11) is 0. The fourth-order valence-corrected chi connectivity index (χ4v) is 4.35. The van der Waals surface area contributed by atoms with Gasteiger partial charge in [-0.1, -0.05) is 42.5 Å². The van der Waals surface area contributed by atoms with Gasteiger partial charge in [-0.05, 0) is 55.0 Å². The van der Waals surface area contributed by atoms with Crippen molar-refractivity contribution in [1.82, 2.24) is 15.0 Å². The maximum atomic E-state index is 12.8. The van der Waals surface area contributed by atoms with Gasteiger partial charge < -0.3 is 5.32 Å². The number of thiazole rings is 1. The molecule has 0 saturated heterocycles. The SMILES string of the molecule is Cc1cc(C)nc(Nc2cccc(C(=O)Nc3nc(-c4ccc5ccccc5c4)cs3)c2)n1. The van der Waals surface area contributed by atoms with Crippen molar-refractivity contribution in [3.05, 3.63) is 95.1 Å². The van der Waals surface area contributed by atoms with Crippen molar-refractivity contribution in [3.8, 4) is 11.3 Å². The Bertz CT molecular complexity index is 1460. The molecule has 0 bridgehead atoms. The van der Waals surface area contributed by atoms with Crippen molar-refractivity contribution in [3.63, 3.8) is 0 Å². The first-order valence-electron chi connectivity index (χ1n) is 10.5. The second-order valence-electron chi connectivity index (χ2n) is 7.73. The van der Waals surface area contributed by atoms with E-state index in [4.69, 9.17) is 0 Å². The van der Waals surface area contributed by atoms with E-state index in [0.717, 1.165) is 33.7 Å². The summed E-state index contributed by atoms with van der Waals surface area (Å²) < 4.78 is 0. The van der Waals surface area contributed by atoms with Gasteiger partial charge in [-0.2, -0.15) is 0 Å². The van der Waals surface area contributed by atoms with Crippen LogP contribution in [0.1, 0.15) is 21.7 Å². The molecule has 7 heteroatoms. The molecule has 0 saturated carbocycles. The molecule has 3 aromatic carbocycles. The average molecular weight is 452 g/mol. The Morgan fingerprint density at radius 1 is 0.818 bits per heavy atom. The van der Waals surface area contributed by atoms with Gasteiger partial charge in [0.05, 0.1) is 5.69 Å². The van der Waals surface area contributed by atoms with Gasteiger partial charge in [-0.3, -0.25) is 10.1 Å². The van der Waals surface area contributed by atoms with Crippen LogP contribution in [0.4, 0.5) is 16.8 Å². The highest BCUT2D eigenvalue weighted by Gasteiger charge is 2.12. The summed E-state index contributed by atoms with van der Waals surface area (Å²) in [6.45, 7) is 3.84. The van der Waals surface area contributed by atoms with Crippen molar-refractivity contribution < 1.29 is 4.79 Å². The third-order valence-electron chi connectivity index (χ3n) is 5.13. The number of amides is 1. The minimum Gasteiger partial charge on any atom is -0.324 e. The maximum absolute atomic E-state index is 12.8. The second kappa shape index (κ2) is 8.80. The number of anilines is 3. The summed E-state index contributed by atoms with van der Waals surface area (Å²) in [5, 5.41) is 10.9. The van der Waals surface area contributed by atoms with E-state index in [-0.39, 0.29) is 5.91 Å². The van der Waals surface area contributed by atoms with E-state index >= 15 is 0 Å². The van der Waals surface area contributed by atoms with Gasteiger partial charge in [-0.15, -0.1) is 11.3 Å². The molecule has 2 aromatic heterocycles. The van der Waals surface area contributed by atoms with Gasteiger partial charge in [0.2, 0.25) is 5.95 Å². The van der Waals surface area contributed by atoms with Crippen LogP contribution in [0, 0.1) is 13.8 Å². The molecule has 0 aliphatic heterocycles. The summed E-state index contributed by atoms with van der Waals surface area (Å²) in [5.74, 6) is 0.282. The largest absolute Gasteiger partial charge is 0.324 e. The van der Waals surface area contributed by atoms with Crippen LogP contribution in [-0.2, 0) is 0 Å². The first-order valence-corrected chi connectivity index (χ1v) is 11.4. The van der Waals surface area contributed by atoms with E-state index in [9.17, 15) is 4.79 Å². The van der Waals surface area contributed by atoms with Crippen LogP contribution < -0.4 is 10.6 Å². The predicted molar refractivity (Wildman–Crippen MR) is 134 cm³/mol. The monoisotopic (exact) mass is 451 g/mol. The van der Waals surface area contributed by atoms with E-state index < -0.39 is 0 Å². The summed E-state index contributed by atoms with van der Waals surface area (Å²) >= 11 is 1.40. The molecule has 162 valence electrons. The van der Waals surface area contributed by atoms with Crippen molar-refractivity contribution >= 4 is 44.8 Å². The highest BCUT2D eigenvalue weighted by atomic mass is 32.1. The fourth-order valence-electron chi connectivity index (χ4n) is 3.63. The highest BCUT2D eigenvalue weighted by molar-refractivity contribution is 7.14. The number of nitrogens with zero attached hydrogens (tertiary/aromatic N) is 3. The van der Waals surface area contributed by atoms with E-state index in [0.29, 0.717) is 16.6 Å². The number of nitrogens with one attached hydrogen (secondary N) is 2. The molecule has 6 nitrogen and oxygen atoms in total.